The van der Waals surface area contributed by atoms with Gasteiger partial charge in [0.15, 0.2) is 0 Å². The lowest BCUT2D eigenvalue weighted by molar-refractivity contribution is 0.735. The van der Waals surface area contributed by atoms with Crippen LogP contribution in [0.2, 0.25) is 5.02 Å². The maximum atomic E-state index is 6.23. The van der Waals surface area contributed by atoms with Crippen LogP contribution in [0.25, 0.3) is 21.9 Å². The van der Waals surface area contributed by atoms with E-state index in [0.717, 1.165) is 11.4 Å². The summed E-state index contributed by atoms with van der Waals surface area (Å²) in [4.78, 5) is 0. The van der Waals surface area contributed by atoms with E-state index in [1.165, 1.54) is 27.5 Å². The molecule has 0 heterocycles. The third-order valence-corrected chi connectivity index (χ3v) is 4.45. The minimum Gasteiger partial charge on any atom is -0.0843 e. The Balaban J connectivity index is 2.19. The highest BCUT2D eigenvalue weighted by Gasteiger charge is 2.11. The van der Waals surface area contributed by atoms with Crippen LogP contribution in [0.1, 0.15) is 31.7 Å². The molecule has 0 fully saturated rings. The van der Waals surface area contributed by atoms with Crippen LogP contribution in [0, 0.1) is 0 Å². The molecule has 0 saturated heterocycles. The van der Waals surface area contributed by atoms with E-state index in [0.29, 0.717) is 5.92 Å². The topological polar surface area (TPSA) is 0 Å². The molecular weight excluding hydrogens is 276 g/mol. The van der Waals surface area contributed by atoms with Crippen molar-refractivity contribution in [1.82, 2.24) is 0 Å². The van der Waals surface area contributed by atoms with Crippen molar-refractivity contribution in [3.63, 3.8) is 0 Å². The van der Waals surface area contributed by atoms with Gasteiger partial charge in [0.25, 0.3) is 0 Å². The van der Waals surface area contributed by atoms with Crippen molar-refractivity contribution in [2.75, 3.05) is 0 Å². The van der Waals surface area contributed by atoms with Gasteiger partial charge in [-0.3, -0.25) is 0 Å². The van der Waals surface area contributed by atoms with E-state index in [1.807, 2.05) is 6.07 Å². The van der Waals surface area contributed by atoms with Crippen LogP contribution in [0.4, 0.5) is 0 Å². The quantitative estimate of drug-likeness (QED) is 0.506. The zero-order valence-electron chi connectivity index (χ0n) is 12.4. The fraction of sp³-hybridized carbons (Fsp3) is 0.200. The molecule has 0 radical (unpaired) electrons. The molecule has 3 aromatic rings. The molecule has 0 aliphatic heterocycles. The molecule has 3 rings (SSSR count). The highest BCUT2D eigenvalue weighted by Crippen LogP contribution is 2.34. The molecule has 0 N–H and O–H groups in total. The highest BCUT2D eigenvalue weighted by atomic mass is 35.5. The molecule has 0 nitrogen and oxygen atoms in total. The summed E-state index contributed by atoms with van der Waals surface area (Å²) in [6, 6.07) is 21.4. The summed E-state index contributed by atoms with van der Waals surface area (Å²) in [7, 11) is 0. The molecule has 0 amide bonds. The zero-order valence-corrected chi connectivity index (χ0v) is 13.2. The molecule has 1 heteroatoms. The summed E-state index contributed by atoms with van der Waals surface area (Å²) in [6.45, 7) is 4.50. The average Bonchev–Trinajstić information content (AvgIpc) is 2.53. The number of benzene rings is 3. The third kappa shape index (κ3) is 2.82. The number of fused-ring (bicyclic) bond motifs is 1. The summed E-state index contributed by atoms with van der Waals surface area (Å²) >= 11 is 6.23. The molecule has 106 valence electrons. The number of rotatable bonds is 3. The molecule has 21 heavy (non-hydrogen) atoms. The monoisotopic (exact) mass is 294 g/mol. The molecule has 3 aromatic carbocycles. The van der Waals surface area contributed by atoms with Gasteiger partial charge in [0.2, 0.25) is 0 Å². The second-order valence-electron chi connectivity index (χ2n) is 5.60. The van der Waals surface area contributed by atoms with Gasteiger partial charge in [0.05, 0.1) is 0 Å². The molecule has 0 spiro atoms. The van der Waals surface area contributed by atoms with Gasteiger partial charge in [-0.25, -0.2) is 0 Å². The first-order chi connectivity index (χ1) is 10.2. The zero-order chi connectivity index (χ0) is 14.8. The average molecular weight is 295 g/mol. The van der Waals surface area contributed by atoms with Crippen molar-refractivity contribution in [3.8, 4) is 11.1 Å². The highest BCUT2D eigenvalue weighted by molar-refractivity contribution is 6.30. The molecule has 0 aromatic heterocycles. The van der Waals surface area contributed by atoms with Crippen molar-refractivity contribution >= 4 is 22.4 Å². The lowest BCUT2D eigenvalue weighted by Gasteiger charge is -2.16. The number of hydrogen-bond donors (Lipinski definition) is 0. The first kappa shape index (κ1) is 14.2. The maximum Gasteiger partial charge on any atom is 0.0412 e. The second-order valence-corrected chi connectivity index (χ2v) is 6.04. The summed E-state index contributed by atoms with van der Waals surface area (Å²) in [5, 5.41) is 3.34. The predicted octanol–water partition coefficient (Wildman–Crippen LogP) is 6.67. The maximum absolute atomic E-state index is 6.23. The summed E-state index contributed by atoms with van der Waals surface area (Å²) < 4.78 is 0. The van der Waals surface area contributed by atoms with Gasteiger partial charge in [-0.05, 0) is 58.0 Å². The van der Waals surface area contributed by atoms with Gasteiger partial charge in [-0.1, -0.05) is 67.9 Å². The van der Waals surface area contributed by atoms with E-state index in [-0.39, 0.29) is 0 Å². The van der Waals surface area contributed by atoms with Gasteiger partial charge in [0.1, 0.15) is 0 Å². The molecule has 0 aliphatic carbocycles. The molecular formula is C20H19Cl. The van der Waals surface area contributed by atoms with Crippen molar-refractivity contribution in [2.24, 2.45) is 0 Å². The van der Waals surface area contributed by atoms with E-state index in [4.69, 9.17) is 11.6 Å². The smallest absolute Gasteiger partial charge is 0.0412 e. The van der Waals surface area contributed by atoms with Crippen LogP contribution in [0.3, 0.4) is 0 Å². The minimum atomic E-state index is 0.531. The van der Waals surface area contributed by atoms with E-state index in [1.54, 1.807) is 0 Å². The van der Waals surface area contributed by atoms with Crippen LogP contribution >= 0.6 is 11.6 Å². The third-order valence-electron chi connectivity index (χ3n) is 4.22. The van der Waals surface area contributed by atoms with Crippen LogP contribution in [-0.2, 0) is 0 Å². The van der Waals surface area contributed by atoms with Crippen molar-refractivity contribution < 1.29 is 0 Å². The van der Waals surface area contributed by atoms with Gasteiger partial charge in [0, 0.05) is 5.02 Å². The summed E-state index contributed by atoms with van der Waals surface area (Å²) in [5.41, 5.74) is 3.87. The van der Waals surface area contributed by atoms with E-state index < -0.39 is 0 Å². The van der Waals surface area contributed by atoms with Crippen LogP contribution in [-0.4, -0.2) is 0 Å². The van der Waals surface area contributed by atoms with Crippen molar-refractivity contribution in [2.45, 2.75) is 26.2 Å². The van der Waals surface area contributed by atoms with Crippen molar-refractivity contribution in [3.05, 3.63) is 71.2 Å². The van der Waals surface area contributed by atoms with Crippen LogP contribution in [0.5, 0.6) is 0 Å². The Morgan fingerprint density at radius 1 is 0.905 bits per heavy atom. The fourth-order valence-corrected chi connectivity index (χ4v) is 2.96. The summed E-state index contributed by atoms with van der Waals surface area (Å²) in [5.74, 6) is 0.531. The Kier molecular flexibility index (Phi) is 3.98. The van der Waals surface area contributed by atoms with Gasteiger partial charge in [-0.2, -0.15) is 0 Å². The first-order valence-electron chi connectivity index (χ1n) is 7.47. The Hall–Kier alpha value is -1.79. The molecule has 1 unspecified atom stereocenters. The Morgan fingerprint density at radius 2 is 1.67 bits per heavy atom. The number of hydrogen-bond acceptors (Lipinski definition) is 0. The lowest BCUT2D eigenvalue weighted by atomic mass is 9.89. The van der Waals surface area contributed by atoms with Gasteiger partial charge < -0.3 is 0 Å². The molecule has 0 saturated carbocycles. The second kappa shape index (κ2) is 5.91. The minimum absolute atomic E-state index is 0.531. The van der Waals surface area contributed by atoms with E-state index in [2.05, 4.69) is 68.4 Å². The summed E-state index contributed by atoms with van der Waals surface area (Å²) in [6.07, 6.45) is 1.13. The van der Waals surface area contributed by atoms with Crippen molar-refractivity contribution in [1.29, 1.82) is 0 Å². The Bertz CT molecular complexity index is 774. The fourth-order valence-electron chi connectivity index (χ4n) is 2.78. The number of halogens is 1. The molecule has 0 bridgehead atoms. The van der Waals surface area contributed by atoms with Crippen LogP contribution < -0.4 is 0 Å². The molecule has 1 atom stereocenters. The van der Waals surface area contributed by atoms with Crippen LogP contribution in [0.15, 0.2) is 60.7 Å². The normalized spacial score (nSPS) is 12.5. The van der Waals surface area contributed by atoms with Gasteiger partial charge in [-0.15, -0.1) is 0 Å². The lowest BCUT2D eigenvalue weighted by Crippen LogP contribution is -1.95. The standard InChI is InChI=1S/C20H19Cl/c1-3-14(2)19-11-10-18(21)13-20(19)17-9-8-15-6-4-5-7-16(15)12-17/h4-14H,3H2,1-2H3. The Labute approximate surface area is 131 Å². The van der Waals surface area contributed by atoms with E-state index in [9.17, 15) is 0 Å². The predicted molar refractivity (Wildman–Crippen MR) is 93.1 cm³/mol. The van der Waals surface area contributed by atoms with Gasteiger partial charge >= 0.3 is 0 Å². The van der Waals surface area contributed by atoms with E-state index >= 15 is 0 Å². The molecule has 0 aliphatic rings. The Morgan fingerprint density at radius 3 is 2.43 bits per heavy atom. The first-order valence-corrected chi connectivity index (χ1v) is 7.85. The largest absolute Gasteiger partial charge is 0.0843 e. The SMILES string of the molecule is CCC(C)c1ccc(Cl)cc1-c1ccc2ccccc2c1.